The molecule has 2 rings (SSSR count). The first-order valence-corrected chi connectivity index (χ1v) is 7.74. The maximum absolute atomic E-state index is 12.5. The lowest BCUT2D eigenvalue weighted by molar-refractivity contribution is -0.138. The van der Waals surface area contributed by atoms with E-state index in [-0.39, 0.29) is 5.92 Å². The van der Waals surface area contributed by atoms with Crippen LogP contribution in [0.15, 0.2) is 0 Å². The Labute approximate surface area is 117 Å². The maximum Gasteiger partial charge on any atom is 0.225 e. The van der Waals surface area contributed by atoms with E-state index in [1.807, 2.05) is 14.1 Å². The van der Waals surface area contributed by atoms with E-state index < -0.39 is 0 Å². The van der Waals surface area contributed by atoms with Crippen LogP contribution in [0.1, 0.15) is 38.5 Å². The summed E-state index contributed by atoms with van der Waals surface area (Å²) in [5.41, 5.74) is 0. The molecule has 0 spiro atoms. The average Bonchev–Trinajstić information content (AvgIpc) is 2.46. The van der Waals surface area contributed by atoms with Crippen LogP contribution >= 0.6 is 0 Å². The molecule has 0 aromatic rings. The smallest absolute Gasteiger partial charge is 0.225 e. The van der Waals surface area contributed by atoms with Crippen LogP contribution in [0.25, 0.3) is 0 Å². The highest BCUT2D eigenvalue weighted by atomic mass is 16.2. The van der Waals surface area contributed by atoms with Gasteiger partial charge in [0, 0.05) is 25.0 Å². The van der Waals surface area contributed by atoms with Crippen LogP contribution in [-0.4, -0.2) is 62.0 Å². The highest BCUT2D eigenvalue weighted by Gasteiger charge is 2.31. The van der Waals surface area contributed by atoms with Gasteiger partial charge < -0.3 is 15.1 Å². The predicted octanol–water partition coefficient (Wildman–Crippen LogP) is 1.32. The number of amides is 1. The van der Waals surface area contributed by atoms with Crippen molar-refractivity contribution in [2.24, 2.45) is 5.92 Å². The van der Waals surface area contributed by atoms with E-state index in [0.717, 1.165) is 38.8 Å². The minimum atomic E-state index is 0.267. The van der Waals surface area contributed by atoms with Crippen molar-refractivity contribution in [1.29, 1.82) is 0 Å². The molecule has 19 heavy (non-hydrogen) atoms. The second-order valence-corrected chi connectivity index (χ2v) is 6.32. The highest BCUT2D eigenvalue weighted by Crippen LogP contribution is 2.25. The molecule has 4 heteroatoms. The Hall–Kier alpha value is -0.610. The summed E-state index contributed by atoms with van der Waals surface area (Å²) >= 11 is 0. The molecular formula is C15H29N3O. The van der Waals surface area contributed by atoms with Crippen LogP contribution in [0.2, 0.25) is 0 Å². The number of rotatable bonds is 3. The van der Waals surface area contributed by atoms with Gasteiger partial charge in [0.2, 0.25) is 5.91 Å². The number of nitrogens with zero attached hydrogens (tertiary/aromatic N) is 2. The molecule has 1 saturated carbocycles. The van der Waals surface area contributed by atoms with E-state index in [4.69, 9.17) is 0 Å². The number of carbonyl (C=O) groups is 1. The molecule has 0 atom stereocenters. The number of piperidine rings is 1. The van der Waals surface area contributed by atoms with Gasteiger partial charge in [-0.25, -0.2) is 0 Å². The van der Waals surface area contributed by atoms with Gasteiger partial charge in [-0.2, -0.15) is 0 Å². The standard InChI is InChI=1S/C15H29N3O/c1-16-13-4-6-14(7-5-13)18(3)15(19)12-8-10-17(2)11-9-12/h12-14,16H,4-11H2,1-3H3. The molecule has 1 N–H and O–H groups in total. The lowest BCUT2D eigenvalue weighted by Crippen LogP contribution is -2.46. The third-order valence-electron chi connectivity index (χ3n) is 5.07. The van der Waals surface area contributed by atoms with Crippen molar-refractivity contribution in [3.05, 3.63) is 0 Å². The van der Waals surface area contributed by atoms with Crippen molar-refractivity contribution in [1.82, 2.24) is 15.1 Å². The summed E-state index contributed by atoms with van der Waals surface area (Å²) in [6.45, 7) is 2.13. The molecule has 0 aromatic carbocycles. The van der Waals surface area contributed by atoms with E-state index in [0.29, 0.717) is 18.0 Å². The Morgan fingerprint density at radius 3 is 2.21 bits per heavy atom. The van der Waals surface area contributed by atoms with Crippen LogP contribution < -0.4 is 5.32 Å². The fourth-order valence-electron chi connectivity index (χ4n) is 3.48. The molecule has 2 fully saturated rings. The van der Waals surface area contributed by atoms with Crippen LogP contribution in [0.5, 0.6) is 0 Å². The van der Waals surface area contributed by atoms with E-state index >= 15 is 0 Å². The molecule has 0 unspecified atom stereocenters. The molecule has 0 aromatic heterocycles. The lowest BCUT2D eigenvalue weighted by Gasteiger charge is -2.38. The van der Waals surface area contributed by atoms with Crippen molar-refractivity contribution in [2.45, 2.75) is 50.6 Å². The van der Waals surface area contributed by atoms with Gasteiger partial charge in [0.1, 0.15) is 0 Å². The third kappa shape index (κ3) is 3.69. The van der Waals surface area contributed by atoms with Crippen LogP contribution in [0, 0.1) is 5.92 Å². The van der Waals surface area contributed by atoms with Gasteiger partial charge in [-0.3, -0.25) is 4.79 Å². The van der Waals surface area contributed by atoms with Gasteiger partial charge in [0.05, 0.1) is 0 Å². The molecule has 1 heterocycles. The lowest BCUT2D eigenvalue weighted by atomic mass is 9.88. The number of hydrogen-bond donors (Lipinski definition) is 1. The summed E-state index contributed by atoms with van der Waals surface area (Å²) in [6.07, 6.45) is 6.77. The Kier molecular flexibility index (Phi) is 5.22. The normalized spacial score (nSPS) is 30.3. The van der Waals surface area contributed by atoms with E-state index in [1.165, 1.54) is 12.8 Å². The van der Waals surface area contributed by atoms with Gasteiger partial charge in [-0.15, -0.1) is 0 Å². The second-order valence-electron chi connectivity index (χ2n) is 6.32. The van der Waals surface area contributed by atoms with Gasteiger partial charge in [-0.05, 0) is 65.7 Å². The average molecular weight is 267 g/mol. The molecule has 0 radical (unpaired) electrons. The van der Waals surface area contributed by atoms with E-state index in [9.17, 15) is 4.79 Å². The van der Waals surface area contributed by atoms with E-state index in [1.54, 1.807) is 0 Å². The molecule has 1 amide bonds. The molecule has 0 bridgehead atoms. The number of hydrogen-bond acceptors (Lipinski definition) is 3. The van der Waals surface area contributed by atoms with Crippen molar-refractivity contribution in [3.63, 3.8) is 0 Å². The molecule has 1 aliphatic carbocycles. The van der Waals surface area contributed by atoms with Crippen LogP contribution in [0.4, 0.5) is 0 Å². The minimum absolute atomic E-state index is 0.267. The summed E-state index contributed by atoms with van der Waals surface area (Å²) in [5.74, 6) is 0.657. The second kappa shape index (κ2) is 6.71. The maximum atomic E-state index is 12.5. The third-order valence-corrected chi connectivity index (χ3v) is 5.07. The quantitative estimate of drug-likeness (QED) is 0.837. The van der Waals surface area contributed by atoms with Crippen molar-refractivity contribution < 1.29 is 4.79 Å². The summed E-state index contributed by atoms with van der Waals surface area (Å²) in [5, 5.41) is 3.35. The molecule has 2 aliphatic rings. The Bertz CT molecular complexity index is 292. The number of nitrogens with one attached hydrogen (secondary N) is 1. The van der Waals surface area contributed by atoms with Crippen molar-refractivity contribution >= 4 is 5.91 Å². The minimum Gasteiger partial charge on any atom is -0.343 e. The van der Waals surface area contributed by atoms with Crippen molar-refractivity contribution in [3.8, 4) is 0 Å². The summed E-state index contributed by atoms with van der Waals surface area (Å²) in [4.78, 5) is 16.9. The highest BCUT2D eigenvalue weighted by molar-refractivity contribution is 5.79. The molecule has 1 saturated heterocycles. The van der Waals surface area contributed by atoms with Gasteiger partial charge >= 0.3 is 0 Å². The van der Waals surface area contributed by atoms with E-state index in [2.05, 4.69) is 22.2 Å². The summed E-state index contributed by atoms with van der Waals surface area (Å²) in [6, 6.07) is 1.12. The zero-order valence-electron chi connectivity index (χ0n) is 12.7. The summed E-state index contributed by atoms with van der Waals surface area (Å²) in [7, 11) is 6.20. The first-order chi connectivity index (χ1) is 9.11. The van der Waals surface area contributed by atoms with Crippen molar-refractivity contribution in [2.75, 3.05) is 34.2 Å². The molecular weight excluding hydrogens is 238 g/mol. The Morgan fingerprint density at radius 1 is 1.11 bits per heavy atom. The first-order valence-electron chi connectivity index (χ1n) is 7.74. The summed E-state index contributed by atoms with van der Waals surface area (Å²) < 4.78 is 0. The van der Waals surface area contributed by atoms with Gasteiger partial charge in [0.15, 0.2) is 0 Å². The zero-order valence-corrected chi connectivity index (χ0v) is 12.7. The van der Waals surface area contributed by atoms with Crippen LogP contribution in [0.3, 0.4) is 0 Å². The molecule has 110 valence electrons. The number of likely N-dealkylation sites (tertiary alicyclic amines) is 1. The Morgan fingerprint density at radius 2 is 1.68 bits per heavy atom. The van der Waals surface area contributed by atoms with Gasteiger partial charge in [0.25, 0.3) is 0 Å². The molecule has 4 nitrogen and oxygen atoms in total. The SMILES string of the molecule is CNC1CCC(N(C)C(=O)C2CCN(C)CC2)CC1. The number of carbonyl (C=O) groups excluding carboxylic acids is 1. The molecule has 1 aliphatic heterocycles. The monoisotopic (exact) mass is 267 g/mol. The fourth-order valence-corrected chi connectivity index (χ4v) is 3.48. The first kappa shape index (κ1) is 14.8. The Balaban J connectivity index is 1.82. The van der Waals surface area contributed by atoms with Gasteiger partial charge in [-0.1, -0.05) is 0 Å². The largest absolute Gasteiger partial charge is 0.343 e. The van der Waals surface area contributed by atoms with Crippen LogP contribution in [-0.2, 0) is 4.79 Å². The predicted molar refractivity (Wildman–Crippen MR) is 78.1 cm³/mol. The zero-order chi connectivity index (χ0) is 13.8. The fraction of sp³-hybridized carbons (Fsp3) is 0.933. The topological polar surface area (TPSA) is 35.6 Å².